The Hall–Kier alpha value is -3.84. The summed E-state index contributed by atoms with van der Waals surface area (Å²) in [5, 5.41) is 12.3. The summed E-state index contributed by atoms with van der Waals surface area (Å²) in [7, 11) is 0. The zero-order valence-electron chi connectivity index (χ0n) is 24.3. The second-order valence-corrected chi connectivity index (χ2v) is 13.3. The van der Waals surface area contributed by atoms with Crippen LogP contribution in [0, 0.1) is 6.92 Å². The molecule has 7 heteroatoms. The van der Waals surface area contributed by atoms with Crippen LogP contribution < -0.4 is 0 Å². The van der Waals surface area contributed by atoms with Crippen LogP contribution in [0.1, 0.15) is 56.2 Å². The fourth-order valence-corrected chi connectivity index (χ4v) is 6.69. The van der Waals surface area contributed by atoms with Crippen LogP contribution in [0.5, 0.6) is 0 Å². The lowest BCUT2D eigenvalue weighted by Gasteiger charge is -2.30. The molecular formula is C35H32ClN3O2S. The Kier molecular flexibility index (Phi) is 7.26. The molecule has 1 aliphatic rings. The Morgan fingerprint density at radius 2 is 1.79 bits per heavy atom. The lowest BCUT2D eigenvalue weighted by molar-refractivity contribution is -0.0594. The number of fused-ring (bicyclic) bond motifs is 2. The van der Waals surface area contributed by atoms with Crippen LogP contribution in [0.25, 0.3) is 49.2 Å². The number of aromatic nitrogens is 3. The molecule has 0 saturated heterocycles. The van der Waals surface area contributed by atoms with Crippen molar-refractivity contribution < 1.29 is 9.84 Å². The summed E-state index contributed by atoms with van der Waals surface area (Å²) >= 11 is 7.88. The third-order valence-corrected chi connectivity index (χ3v) is 8.64. The van der Waals surface area contributed by atoms with Gasteiger partial charge in [0.05, 0.1) is 27.2 Å². The van der Waals surface area contributed by atoms with Gasteiger partial charge in [-0.05, 0) is 87.7 Å². The highest BCUT2D eigenvalue weighted by atomic mass is 35.5. The molecule has 42 heavy (non-hydrogen) atoms. The molecule has 0 amide bonds. The normalized spacial score (nSPS) is 13.7. The third kappa shape index (κ3) is 5.50. The van der Waals surface area contributed by atoms with Gasteiger partial charge in [-0.2, -0.15) is 0 Å². The van der Waals surface area contributed by atoms with Gasteiger partial charge in [-0.3, -0.25) is 9.97 Å². The molecule has 1 aliphatic carbocycles. The van der Waals surface area contributed by atoms with Crippen molar-refractivity contribution >= 4 is 39.2 Å². The summed E-state index contributed by atoms with van der Waals surface area (Å²) < 4.78 is 7.38. The molecule has 0 bridgehead atoms. The number of halogens is 1. The summed E-state index contributed by atoms with van der Waals surface area (Å²) in [6, 6.07) is 16.0. The second kappa shape index (κ2) is 10.8. The van der Waals surface area contributed by atoms with Gasteiger partial charge in [0.25, 0.3) is 0 Å². The lowest BCUT2D eigenvalue weighted by Crippen LogP contribution is -2.24. The van der Waals surface area contributed by atoms with E-state index in [0.29, 0.717) is 5.02 Å². The Balaban J connectivity index is 1.52. The van der Waals surface area contributed by atoms with Crippen LogP contribution in [-0.4, -0.2) is 25.7 Å². The Labute approximate surface area is 255 Å². The molecule has 2 aromatic carbocycles. The van der Waals surface area contributed by atoms with Crippen LogP contribution in [0.3, 0.4) is 0 Å². The van der Waals surface area contributed by atoms with Crippen LogP contribution in [-0.2, 0) is 11.2 Å². The predicted molar refractivity (Wildman–Crippen MR) is 174 cm³/mol. The number of allylic oxidation sites excluding steroid dienone is 1. The molecule has 0 spiro atoms. The monoisotopic (exact) mass is 593 g/mol. The van der Waals surface area contributed by atoms with E-state index in [9.17, 15) is 5.11 Å². The zero-order valence-corrected chi connectivity index (χ0v) is 25.9. The average molecular weight is 594 g/mol. The standard InChI is InChI=1S/C35H32ClN3O2S/c1-19-13-24-16-25(18-38-27(24)14-19)28-17-23(11-12-37-28)34-39-29-15-20(2)30(32(21(3)40)41-35(4,5)6)31(33(29)42-34)22-7-9-26(36)10-8-22/h7-13,15-18,32,40H,3,14H2,1-2,4-6H3/t32-/m1/s1. The molecule has 3 heterocycles. The number of benzene rings is 2. The Morgan fingerprint density at radius 3 is 2.50 bits per heavy atom. The van der Waals surface area contributed by atoms with Crippen molar-refractivity contribution in [2.75, 3.05) is 0 Å². The first-order chi connectivity index (χ1) is 20.0. The first-order valence-electron chi connectivity index (χ1n) is 13.9. The highest BCUT2D eigenvalue weighted by Crippen LogP contribution is 2.45. The van der Waals surface area contributed by atoms with Gasteiger partial charge in [-0.1, -0.05) is 42.0 Å². The van der Waals surface area contributed by atoms with Crippen molar-refractivity contribution in [3.05, 3.63) is 106 Å². The van der Waals surface area contributed by atoms with Gasteiger partial charge < -0.3 is 9.84 Å². The Bertz CT molecular complexity index is 1880. The van der Waals surface area contributed by atoms with Gasteiger partial charge in [0, 0.05) is 46.1 Å². The Morgan fingerprint density at radius 1 is 1.02 bits per heavy atom. The SMILES string of the molecule is C=C(O)[C@@H](OC(C)(C)C)c1c(C)cc2nc(-c3ccnc(-c4cnc5c(c4)C=C(C)C5)c3)sc2c1-c1ccc(Cl)cc1. The minimum atomic E-state index is -0.719. The number of aliphatic hydroxyl groups is 1. The largest absolute Gasteiger partial charge is 0.510 e. The van der Waals surface area contributed by atoms with Crippen molar-refractivity contribution in [1.29, 1.82) is 0 Å². The van der Waals surface area contributed by atoms with Crippen LogP contribution in [0.4, 0.5) is 0 Å². The molecule has 0 unspecified atom stereocenters. The molecule has 0 aliphatic heterocycles. The fourth-order valence-electron chi connectivity index (χ4n) is 5.45. The number of aliphatic hydroxyl groups excluding tert-OH is 1. The number of pyridine rings is 2. The number of nitrogens with zero attached hydrogens (tertiary/aromatic N) is 3. The van der Waals surface area contributed by atoms with Crippen LogP contribution in [0.15, 0.2) is 78.8 Å². The summed E-state index contributed by atoms with van der Waals surface area (Å²) in [6.45, 7) is 14.0. The van der Waals surface area contributed by atoms with E-state index in [1.54, 1.807) is 11.3 Å². The zero-order chi connectivity index (χ0) is 29.8. The summed E-state index contributed by atoms with van der Waals surface area (Å²) in [6.07, 6.45) is 6.10. The quantitative estimate of drug-likeness (QED) is 0.198. The molecule has 3 aromatic heterocycles. The number of rotatable bonds is 6. The van der Waals surface area contributed by atoms with Crippen molar-refractivity contribution in [2.45, 2.75) is 52.7 Å². The summed E-state index contributed by atoms with van der Waals surface area (Å²) in [4.78, 5) is 14.4. The minimum absolute atomic E-state index is 0.0425. The maximum absolute atomic E-state index is 10.8. The van der Waals surface area contributed by atoms with Gasteiger partial charge in [-0.25, -0.2) is 4.98 Å². The number of hydrogen-bond acceptors (Lipinski definition) is 6. The first kappa shape index (κ1) is 28.3. The summed E-state index contributed by atoms with van der Waals surface area (Å²) in [5.41, 5.74) is 10.5. The van der Waals surface area contributed by atoms with E-state index in [1.807, 2.05) is 70.4 Å². The van der Waals surface area contributed by atoms with Gasteiger partial charge in [0.2, 0.25) is 0 Å². The number of hydrogen-bond donors (Lipinski definition) is 1. The maximum atomic E-state index is 10.8. The summed E-state index contributed by atoms with van der Waals surface area (Å²) in [5.74, 6) is -0.0425. The van der Waals surface area contributed by atoms with E-state index in [4.69, 9.17) is 26.3 Å². The molecule has 0 fully saturated rings. The van der Waals surface area contributed by atoms with Crippen molar-refractivity contribution in [3.63, 3.8) is 0 Å². The average Bonchev–Trinajstić information content (AvgIpc) is 3.53. The minimum Gasteiger partial charge on any atom is -0.510 e. The smallest absolute Gasteiger partial charge is 0.140 e. The number of aryl methyl sites for hydroxylation is 1. The first-order valence-corrected chi connectivity index (χ1v) is 15.0. The van der Waals surface area contributed by atoms with E-state index in [-0.39, 0.29) is 5.76 Å². The van der Waals surface area contributed by atoms with E-state index in [0.717, 1.165) is 72.0 Å². The van der Waals surface area contributed by atoms with Gasteiger partial charge in [-0.15, -0.1) is 11.3 Å². The number of thiazole rings is 1. The van der Waals surface area contributed by atoms with Crippen LogP contribution in [0.2, 0.25) is 5.02 Å². The highest BCUT2D eigenvalue weighted by molar-refractivity contribution is 7.22. The van der Waals surface area contributed by atoms with Gasteiger partial charge in [0.15, 0.2) is 0 Å². The van der Waals surface area contributed by atoms with Crippen molar-refractivity contribution in [3.8, 4) is 33.0 Å². The van der Waals surface area contributed by atoms with Crippen molar-refractivity contribution in [1.82, 2.24) is 15.0 Å². The van der Waals surface area contributed by atoms with E-state index in [1.165, 1.54) is 5.57 Å². The highest BCUT2D eigenvalue weighted by Gasteiger charge is 2.29. The third-order valence-electron chi connectivity index (χ3n) is 7.25. The van der Waals surface area contributed by atoms with Gasteiger partial charge in [0.1, 0.15) is 16.9 Å². The van der Waals surface area contributed by atoms with E-state index >= 15 is 0 Å². The number of ether oxygens (including phenoxy) is 1. The molecule has 5 aromatic rings. The molecule has 6 rings (SSSR count). The molecule has 1 N–H and O–H groups in total. The molecule has 212 valence electrons. The molecule has 0 radical (unpaired) electrons. The van der Waals surface area contributed by atoms with E-state index in [2.05, 4.69) is 42.8 Å². The molecule has 5 nitrogen and oxygen atoms in total. The lowest BCUT2D eigenvalue weighted by atomic mass is 9.90. The molecule has 1 atom stereocenters. The molecule has 0 saturated carbocycles. The fraction of sp³-hybridized carbons (Fsp3) is 0.229. The maximum Gasteiger partial charge on any atom is 0.140 e. The predicted octanol–water partition coefficient (Wildman–Crippen LogP) is 9.94. The molecular weight excluding hydrogens is 562 g/mol. The van der Waals surface area contributed by atoms with E-state index < -0.39 is 11.7 Å². The second-order valence-electron chi connectivity index (χ2n) is 11.8. The topological polar surface area (TPSA) is 68.1 Å². The van der Waals surface area contributed by atoms with Crippen molar-refractivity contribution in [2.24, 2.45) is 0 Å². The van der Waals surface area contributed by atoms with Gasteiger partial charge >= 0.3 is 0 Å². The van der Waals surface area contributed by atoms with Crippen LogP contribution >= 0.6 is 22.9 Å².